The number of piperazine rings is 1. The van der Waals surface area contributed by atoms with E-state index in [1.54, 1.807) is 12.1 Å². The second kappa shape index (κ2) is 8.74. The molecular formula is C24H23Cl2FN2. The molecule has 2 aromatic carbocycles. The fourth-order valence-corrected chi connectivity index (χ4v) is 4.38. The summed E-state index contributed by atoms with van der Waals surface area (Å²) in [6.07, 6.45) is 4.04. The first kappa shape index (κ1) is 20.2. The third-order valence-electron chi connectivity index (χ3n) is 5.56. The van der Waals surface area contributed by atoms with Gasteiger partial charge in [0.25, 0.3) is 0 Å². The van der Waals surface area contributed by atoms with Crippen molar-refractivity contribution in [1.82, 2.24) is 9.80 Å². The van der Waals surface area contributed by atoms with Crippen LogP contribution in [-0.4, -0.2) is 29.4 Å². The van der Waals surface area contributed by atoms with Gasteiger partial charge >= 0.3 is 0 Å². The number of hydrogen-bond acceptors (Lipinski definition) is 2. The molecule has 0 atom stereocenters. The lowest BCUT2D eigenvalue weighted by Gasteiger charge is -2.40. The number of benzene rings is 2. The Morgan fingerprint density at radius 2 is 1.76 bits per heavy atom. The summed E-state index contributed by atoms with van der Waals surface area (Å²) < 4.78 is 14.2. The zero-order valence-electron chi connectivity index (χ0n) is 16.2. The van der Waals surface area contributed by atoms with Crippen LogP contribution in [0.5, 0.6) is 0 Å². The van der Waals surface area contributed by atoms with Crippen LogP contribution in [0.15, 0.2) is 83.2 Å². The first-order valence-corrected chi connectivity index (χ1v) is 10.5. The van der Waals surface area contributed by atoms with Crippen molar-refractivity contribution < 1.29 is 4.39 Å². The fourth-order valence-electron chi connectivity index (χ4n) is 3.87. The maximum absolute atomic E-state index is 14.2. The van der Waals surface area contributed by atoms with E-state index in [0.717, 1.165) is 37.2 Å². The molecule has 1 fully saturated rings. The van der Waals surface area contributed by atoms with Crippen molar-refractivity contribution in [2.45, 2.75) is 19.4 Å². The molecule has 0 aromatic heterocycles. The monoisotopic (exact) mass is 428 g/mol. The molecular weight excluding hydrogens is 406 g/mol. The average Bonchev–Trinajstić information content (AvgIpc) is 2.73. The van der Waals surface area contributed by atoms with Gasteiger partial charge in [-0.15, -0.1) is 0 Å². The summed E-state index contributed by atoms with van der Waals surface area (Å²) in [7, 11) is 0. The standard InChI is InChI=1S/C24H23Cl2FN2/c1-17-19(11-10-18-6-3-2-4-7-18)14-29-13-12-28(16-23(29)24(17)26)15-20-21(25)8-5-9-22(20)27/h2-9,14H,1,10-13,15-16H2. The van der Waals surface area contributed by atoms with Crippen LogP contribution in [0.1, 0.15) is 17.5 Å². The first-order valence-electron chi connectivity index (χ1n) is 9.77. The van der Waals surface area contributed by atoms with Crippen LogP contribution in [0.3, 0.4) is 0 Å². The van der Waals surface area contributed by atoms with Gasteiger partial charge in [-0.2, -0.15) is 0 Å². The molecule has 2 aromatic rings. The molecule has 0 radical (unpaired) electrons. The summed E-state index contributed by atoms with van der Waals surface area (Å²) in [5.74, 6) is -0.267. The van der Waals surface area contributed by atoms with E-state index in [1.165, 1.54) is 17.2 Å². The molecule has 1 saturated heterocycles. The summed E-state index contributed by atoms with van der Waals surface area (Å²) in [5, 5.41) is 1.17. The van der Waals surface area contributed by atoms with Gasteiger partial charge < -0.3 is 4.90 Å². The van der Waals surface area contributed by atoms with Crippen molar-refractivity contribution in [3.8, 4) is 0 Å². The first-order chi connectivity index (χ1) is 14.0. The Kier molecular flexibility index (Phi) is 6.09. The third kappa shape index (κ3) is 4.42. The Balaban J connectivity index is 1.46. The topological polar surface area (TPSA) is 6.48 Å². The van der Waals surface area contributed by atoms with Gasteiger partial charge in [0.1, 0.15) is 5.82 Å². The van der Waals surface area contributed by atoms with Crippen LogP contribution < -0.4 is 0 Å². The minimum Gasteiger partial charge on any atom is -0.347 e. The van der Waals surface area contributed by atoms with E-state index < -0.39 is 0 Å². The molecule has 2 aliphatic heterocycles. The number of fused-ring (bicyclic) bond motifs is 1. The van der Waals surface area contributed by atoms with Gasteiger partial charge in [-0.25, -0.2) is 4.39 Å². The molecule has 0 aliphatic carbocycles. The molecule has 0 spiro atoms. The minimum absolute atomic E-state index is 0.267. The van der Waals surface area contributed by atoms with E-state index >= 15 is 0 Å². The molecule has 0 amide bonds. The number of rotatable bonds is 5. The van der Waals surface area contributed by atoms with Crippen LogP contribution in [0.2, 0.25) is 5.02 Å². The number of aryl methyl sites for hydroxylation is 1. The Morgan fingerprint density at radius 1 is 0.966 bits per heavy atom. The van der Waals surface area contributed by atoms with Crippen LogP contribution in [-0.2, 0) is 13.0 Å². The van der Waals surface area contributed by atoms with Crippen LogP contribution in [0, 0.1) is 5.82 Å². The summed E-state index contributed by atoms with van der Waals surface area (Å²) >= 11 is 12.9. The third-order valence-corrected chi connectivity index (χ3v) is 6.36. The van der Waals surface area contributed by atoms with E-state index in [2.05, 4.69) is 46.8 Å². The van der Waals surface area contributed by atoms with Gasteiger partial charge in [0, 0.05) is 43.0 Å². The molecule has 150 valence electrons. The Labute approximate surface area is 181 Å². The summed E-state index contributed by atoms with van der Waals surface area (Å²) in [6, 6.07) is 15.2. The largest absolute Gasteiger partial charge is 0.347 e. The van der Waals surface area contributed by atoms with E-state index in [1.807, 2.05) is 6.07 Å². The second-order valence-corrected chi connectivity index (χ2v) is 8.27. The molecule has 5 heteroatoms. The average molecular weight is 429 g/mol. The van der Waals surface area contributed by atoms with Crippen LogP contribution in [0.25, 0.3) is 0 Å². The highest BCUT2D eigenvalue weighted by molar-refractivity contribution is 6.33. The molecule has 2 aliphatic rings. The van der Waals surface area contributed by atoms with Crippen molar-refractivity contribution in [1.29, 1.82) is 0 Å². The lowest BCUT2D eigenvalue weighted by molar-refractivity contribution is 0.197. The Bertz CT molecular complexity index is 961. The number of halogens is 3. The highest BCUT2D eigenvalue weighted by atomic mass is 35.5. The Morgan fingerprint density at radius 3 is 2.52 bits per heavy atom. The highest BCUT2D eigenvalue weighted by Gasteiger charge is 2.28. The van der Waals surface area contributed by atoms with Gasteiger partial charge in [0.05, 0.1) is 10.7 Å². The fraction of sp³-hybridized carbons (Fsp3) is 0.250. The van der Waals surface area contributed by atoms with Gasteiger partial charge in [0.2, 0.25) is 0 Å². The van der Waals surface area contributed by atoms with Crippen molar-refractivity contribution in [2.24, 2.45) is 0 Å². The zero-order valence-corrected chi connectivity index (χ0v) is 17.7. The maximum atomic E-state index is 14.2. The maximum Gasteiger partial charge on any atom is 0.129 e. The molecule has 2 heterocycles. The van der Waals surface area contributed by atoms with Crippen molar-refractivity contribution in [3.05, 3.63) is 105 Å². The quantitative estimate of drug-likeness (QED) is 0.564. The molecule has 0 N–H and O–H groups in total. The van der Waals surface area contributed by atoms with Gasteiger partial charge in [-0.05, 0) is 41.7 Å². The number of hydrogen-bond donors (Lipinski definition) is 0. The highest BCUT2D eigenvalue weighted by Crippen LogP contribution is 2.36. The van der Waals surface area contributed by atoms with Crippen molar-refractivity contribution in [2.75, 3.05) is 19.6 Å². The summed E-state index contributed by atoms with van der Waals surface area (Å²) in [5.41, 5.74) is 4.93. The SMILES string of the molecule is C=C1C(CCc2ccccc2)=CN2CCN(Cc3c(F)cccc3Cl)CC2=C1Cl. The van der Waals surface area contributed by atoms with E-state index in [4.69, 9.17) is 23.2 Å². The molecule has 4 rings (SSSR count). The lowest BCUT2D eigenvalue weighted by atomic mass is 9.95. The normalized spacial score (nSPS) is 17.4. The Hall–Kier alpha value is -2.07. The predicted octanol–water partition coefficient (Wildman–Crippen LogP) is 6.13. The van der Waals surface area contributed by atoms with Crippen molar-refractivity contribution >= 4 is 23.2 Å². The van der Waals surface area contributed by atoms with Crippen LogP contribution in [0.4, 0.5) is 4.39 Å². The van der Waals surface area contributed by atoms with E-state index in [-0.39, 0.29) is 5.82 Å². The van der Waals surface area contributed by atoms with E-state index in [0.29, 0.717) is 28.7 Å². The summed E-state index contributed by atoms with van der Waals surface area (Å²) in [4.78, 5) is 4.39. The smallest absolute Gasteiger partial charge is 0.129 e. The zero-order chi connectivity index (χ0) is 20.4. The lowest BCUT2D eigenvalue weighted by Crippen LogP contribution is -2.43. The molecule has 2 nitrogen and oxygen atoms in total. The molecule has 29 heavy (non-hydrogen) atoms. The summed E-state index contributed by atoms with van der Waals surface area (Å²) in [6.45, 7) is 6.96. The minimum atomic E-state index is -0.267. The van der Waals surface area contributed by atoms with Gasteiger partial charge in [-0.3, -0.25) is 4.90 Å². The molecule has 0 saturated carbocycles. The second-order valence-electron chi connectivity index (χ2n) is 7.48. The molecule has 0 unspecified atom stereocenters. The predicted molar refractivity (Wildman–Crippen MR) is 118 cm³/mol. The van der Waals surface area contributed by atoms with Crippen LogP contribution >= 0.6 is 23.2 Å². The number of allylic oxidation sites excluding steroid dienone is 3. The van der Waals surface area contributed by atoms with Gasteiger partial charge in [0.15, 0.2) is 0 Å². The number of nitrogens with zero attached hydrogens (tertiary/aromatic N) is 2. The van der Waals surface area contributed by atoms with E-state index in [9.17, 15) is 4.39 Å². The molecule has 0 bridgehead atoms. The van der Waals surface area contributed by atoms with Gasteiger partial charge in [-0.1, -0.05) is 66.2 Å². The van der Waals surface area contributed by atoms with Crippen molar-refractivity contribution in [3.63, 3.8) is 0 Å².